The van der Waals surface area contributed by atoms with Crippen LogP contribution in [-0.4, -0.2) is 29.1 Å². The zero-order valence-corrected chi connectivity index (χ0v) is 19.3. The molecule has 6 heteroatoms. The van der Waals surface area contributed by atoms with E-state index < -0.39 is 0 Å². The highest BCUT2D eigenvalue weighted by Gasteiger charge is 2.22. The first kappa shape index (κ1) is 21.8. The fourth-order valence-corrected chi connectivity index (χ4v) is 5.52. The normalized spacial score (nSPS) is 14.6. The van der Waals surface area contributed by atoms with Gasteiger partial charge >= 0.3 is 5.97 Å². The van der Waals surface area contributed by atoms with E-state index in [1.807, 2.05) is 32.0 Å². The third kappa shape index (κ3) is 5.24. The zero-order valence-electron chi connectivity index (χ0n) is 18.4. The molecule has 0 radical (unpaired) electrons. The van der Waals surface area contributed by atoms with Gasteiger partial charge in [-0.3, -0.25) is 0 Å². The molecule has 1 aliphatic carbocycles. The average molecular weight is 438 g/mol. The van der Waals surface area contributed by atoms with Crippen LogP contribution in [0.2, 0.25) is 0 Å². The fourth-order valence-electron chi connectivity index (χ4n) is 4.43. The first-order chi connectivity index (χ1) is 15.2. The summed E-state index contributed by atoms with van der Waals surface area (Å²) in [5.41, 5.74) is 2.08. The predicted molar refractivity (Wildman–Crippen MR) is 127 cm³/mol. The first-order valence-corrected chi connectivity index (χ1v) is 12.2. The van der Waals surface area contributed by atoms with Crippen LogP contribution in [0.15, 0.2) is 30.3 Å². The number of carbonyl (C=O) groups is 1. The summed E-state index contributed by atoms with van der Waals surface area (Å²) in [5.74, 6) is 2.15. The van der Waals surface area contributed by atoms with Gasteiger partial charge in [0.15, 0.2) is 0 Å². The van der Waals surface area contributed by atoms with E-state index in [4.69, 9.17) is 14.7 Å². The Morgan fingerprint density at radius 1 is 1.16 bits per heavy atom. The first-order valence-electron chi connectivity index (χ1n) is 11.4. The molecule has 0 atom stereocenters. The topological polar surface area (TPSA) is 64.1 Å². The number of aromatic nitrogens is 2. The SMILES string of the molecule is CCOC(=O)c1sc2nc(Cc3ccccc3)nc(NCCC3CCCCC3)c2c1C. The molecule has 1 saturated carbocycles. The lowest BCUT2D eigenvalue weighted by Crippen LogP contribution is -2.13. The Hall–Kier alpha value is -2.47. The van der Waals surface area contributed by atoms with Crippen molar-refractivity contribution in [3.8, 4) is 0 Å². The second-order valence-corrected chi connectivity index (χ2v) is 9.33. The van der Waals surface area contributed by atoms with Crippen molar-refractivity contribution < 1.29 is 9.53 Å². The van der Waals surface area contributed by atoms with Crippen LogP contribution >= 0.6 is 11.3 Å². The molecule has 4 rings (SSSR count). The second-order valence-electron chi connectivity index (χ2n) is 8.33. The largest absolute Gasteiger partial charge is 0.462 e. The highest BCUT2D eigenvalue weighted by Crippen LogP contribution is 2.35. The molecule has 31 heavy (non-hydrogen) atoms. The quantitative estimate of drug-likeness (QED) is 0.428. The fraction of sp³-hybridized carbons (Fsp3) is 0.480. The second kappa shape index (κ2) is 10.2. The number of hydrogen-bond acceptors (Lipinski definition) is 6. The Balaban J connectivity index is 1.63. The van der Waals surface area contributed by atoms with E-state index in [0.717, 1.165) is 46.3 Å². The van der Waals surface area contributed by atoms with Gasteiger partial charge in [0.25, 0.3) is 0 Å². The van der Waals surface area contributed by atoms with Crippen molar-refractivity contribution in [1.29, 1.82) is 0 Å². The van der Waals surface area contributed by atoms with Gasteiger partial charge in [-0.15, -0.1) is 11.3 Å². The number of thiophene rings is 1. The van der Waals surface area contributed by atoms with Gasteiger partial charge in [0.2, 0.25) is 0 Å². The third-order valence-corrected chi connectivity index (χ3v) is 7.24. The smallest absolute Gasteiger partial charge is 0.348 e. The molecule has 164 valence electrons. The van der Waals surface area contributed by atoms with Crippen LogP contribution in [0.3, 0.4) is 0 Å². The molecule has 2 heterocycles. The molecule has 5 nitrogen and oxygen atoms in total. The molecule has 1 aliphatic rings. The number of fused-ring (bicyclic) bond motifs is 1. The van der Waals surface area contributed by atoms with Crippen molar-refractivity contribution in [2.75, 3.05) is 18.5 Å². The maximum absolute atomic E-state index is 12.5. The van der Waals surface area contributed by atoms with Gasteiger partial charge < -0.3 is 10.1 Å². The van der Waals surface area contributed by atoms with E-state index in [1.54, 1.807) is 0 Å². The Bertz CT molecular complexity index is 1030. The van der Waals surface area contributed by atoms with E-state index in [1.165, 1.54) is 49.0 Å². The number of benzene rings is 1. The highest BCUT2D eigenvalue weighted by atomic mass is 32.1. The number of aryl methyl sites for hydroxylation is 1. The number of hydrogen-bond donors (Lipinski definition) is 1. The van der Waals surface area contributed by atoms with Crippen molar-refractivity contribution in [2.45, 2.75) is 58.8 Å². The van der Waals surface area contributed by atoms with Gasteiger partial charge in [-0.1, -0.05) is 62.4 Å². The zero-order chi connectivity index (χ0) is 21.6. The molecule has 0 aliphatic heterocycles. The van der Waals surface area contributed by atoms with Crippen molar-refractivity contribution in [2.24, 2.45) is 5.92 Å². The highest BCUT2D eigenvalue weighted by molar-refractivity contribution is 7.20. The van der Waals surface area contributed by atoms with E-state index >= 15 is 0 Å². The van der Waals surface area contributed by atoms with Gasteiger partial charge in [-0.05, 0) is 37.3 Å². The summed E-state index contributed by atoms with van der Waals surface area (Å²) in [6.07, 6.45) is 8.60. The van der Waals surface area contributed by atoms with E-state index in [0.29, 0.717) is 17.9 Å². The number of rotatable bonds is 8. The Morgan fingerprint density at radius 2 is 1.94 bits per heavy atom. The minimum atomic E-state index is -0.277. The monoisotopic (exact) mass is 437 g/mol. The Labute approximate surface area is 188 Å². The number of anilines is 1. The van der Waals surface area contributed by atoms with Gasteiger partial charge in [-0.2, -0.15) is 0 Å². The number of nitrogens with zero attached hydrogens (tertiary/aromatic N) is 2. The molecule has 1 N–H and O–H groups in total. The van der Waals surface area contributed by atoms with Crippen LogP contribution in [0, 0.1) is 12.8 Å². The van der Waals surface area contributed by atoms with Crippen LogP contribution < -0.4 is 5.32 Å². The number of ether oxygens (including phenoxy) is 1. The Morgan fingerprint density at radius 3 is 2.68 bits per heavy atom. The van der Waals surface area contributed by atoms with Gasteiger partial charge in [0, 0.05) is 13.0 Å². The molecule has 1 aromatic carbocycles. The molecule has 0 amide bonds. The maximum atomic E-state index is 12.5. The molecular weight excluding hydrogens is 406 g/mol. The lowest BCUT2D eigenvalue weighted by molar-refractivity contribution is 0.0531. The summed E-state index contributed by atoms with van der Waals surface area (Å²) in [4.78, 5) is 23.6. The summed E-state index contributed by atoms with van der Waals surface area (Å²) in [5, 5.41) is 4.54. The minimum absolute atomic E-state index is 0.277. The molecule has 0 unspecified atom stereocenters. The molecule has 1 fully saturated rings. The van der Waals surface area contributed by atoms with Crippen LogP contribution in [-0.2, 0) is 11.2 Å². The van der Waals surface area contributed by atoms with Crippen molar-refractivity contribution in [3.05, 3.63) is 52.2 Å². The summed E-state index contributed by atoms with van der Waals surface area (Å²) in [7, 11) is 0. The summed E-state index contributed by atoms with van der Waals surface area (Å²) >= 11 is 1.41. The van der Waals surface area contributed by atoms with E-state index in [-0.39, 0.29) is 5.97 Å². The lowest BCUT2D eigenvalue weighted by atomic mass is 9.87. The summed E-state index contributed by atoms with van der Waals surface area (Å²) in [6.45, 7) is 5.06. The third-order valence-electron chi connectivity index (χ3n) is 6.07. The van der Waals surface area contributed by atoms with E-state index in [9.17, 15) is 4.79 Å². The van der Waals surface area contributed by atoms with Crippen LogP contribution in [0.4, 0.5) is 5.82 Å². The number of carbonyl (C=O) groups excluding carboxylic acids is 1. The van der Waals surface area contributed by atoms with Gasteiger partial charge in [0.1, 0.15) is 21.3 Å². The standard InChI is InChI=1S/C25H31N3O2S/c1-3-30-25(29)22-17(2)21-23(26-15-14-18-10-6-4-7-11-18)27-20(28-24(21)31-22)16-19-12-8-5-9-13-19/h5,8-9,12-13,18H,3-4,6-7,10-11,14-16H2,1-2H3,(H,26,27,28). The number of esters is 1. The molecule has 0 saturated heterocycles. The predicted octanol–water partition coefficient (Wildman–Crippen LogP) is 6.15. The summed E-state index contributed by atoms with van der Waals surface area (Å²) < 4.78 is 5.27. The van der Waals surface area contributed by atoms with Gasteiger partial charge in [-0.25, -0.2) is 14.8 Å². The molecule has 2 aromatic heterocycles. The van der Waals surface area contributed by atoms with Crippen LogP contribution in [0.25, 0.3) is 10.2 Å². The van der Waals surface area contributed by atoms with Crippen LogP contribution in [0.1, 0.15) is 72.1 Å². The molecule has 3 aromatic rings. The van der Waals surface area contributed by atoms with Crippen molar-refractivity contribution >= 4 is 33.3 Å². The molecule has 0 bridgehead atoms. The van der Waals surface area contributed by atoms with Crippen LogP contribution in [0.5, 0.6) is 0 Å². The van der Waals surface area contributed by atoms with Crippen molar-refractivity contribution in [1.82, 2.24) is 9.97 Å². The average Bonchev–Trinajstić information content (AvgIpc) is 3.12. The van der Waals surface area contributed by atoms with Gasteiger partial charge in [0.05, 0.1) is 12.0 Å². The summed E-state index contributed by atoms with van der Waals surface area (Å²) in [6, 6.07) is 10.3. The number of nitrogens with one attached hydrogen (secondary N) is 1. The van der Waals surface area contributed by atoms with Crippen molar-refractivity contribution in [3.63, 3.8) is 0 Å². The lowest BCUT2D eigenvalue weighted by Gasteiger charge is -2.21. The minimum Gasteiger partial charge on any atom is -0.462 e. The van der Waals surface area contributed by atoms with E-state index in [2.05, 4.69) is 17.4 Å². The molecular formula is C25H31N3O2S. The maximum Gasteiger partial charge on any atom is 0.348 e. The Kier molecular flexibility index (Phi) is 7.17. The molecule has 0 spiro atoms.